The minimum absolute atomic E-state index is 0.415. The Morgan fingerprint density at radius 3 is 2.50 bits per heavy atom. The quantitative estimate of drug-likeness (QED) is 0.469. The van der Waals surface area contributed by atoms with E-state index in [1.807, 2.05) is 0 Å². The summed E-state index contributed by atoms with van der Waals surface area (Å²) in [5, 5.41) is 11.3. The van der Waals surface area contributed by atoms with Crippen LogP contribution in [0.4, 0.5) is 18.9 Å². The summed E-state index contributed by atoms with van der Waals surface area (Å²) in [6.07, 6.45) is -3.77. The normalized spacial score (nSPS) is 11.3. The second kappa shape index (κ2) is 6.03. The van der Waals surface area contributed by atoms with Crippen LogP contribution >= 0.6 is 15.9 Å². The maximum absolute atomic E-state index is 12.1. The molecule has 4 nitrogen and oxygen atoms in total. The van der Waals surface area contributed by atoms with Crippen molar-refractivity contribution < 1.29 is 22.8 Å². The summed E-state index contributed by atoms with van der Waals surface area (Å²) >= 11 is 3.18. The van der Waals surface area contributed by atoms with E-state index in [2.05, 4.69) is 20.7 Å². The van der Waals surface area contributed by atoms with Crippen LogP contribution in [0.25, 0.3) is 0 Å². The Morgan fingerprint density at radius 2 is 2.00 bits per heavy atom. The van der Waals surface area contributed by atoms with Crippen molar-refractivity contribution in [2.45, 2.75) is 19.2 Å². The Kier molecular flexibility index (Phi) is 4.94. The highest BCUT2D eigenvalue weighted by molar-refractivity contribution is 9.09. The summed E-state index contributed by atoms with van der Waals surface area (Å²) in [6.45, 7) is 0. The largest absolute Gasteiger partial charge is 0.573 e. The molecule has 1 rings (SSSR count). The van der Waals surface area contributed by atoms with Crippen LogP contribution in [0.2, 0.25) is 0 Å². The fraction of sp³-hybridized carbons (Fsp3) is 0.400. The molecule has 100 valence electrons. The first-order valence-electron chi connectivity index (χ1n) is 4.92. The lowest BCUT2D eigenvalue weighted by Gasteiger charge is -2.10. The average molecular weight is 328 g/mol. The monoisotopic (exact) mass is 327 g/mol. The van der Waals surface area contributed by atoms with E-state index >= 15 is 0 Å². The molecule has 18 heavy (non-hydrogen) atoms. The Labute approximate surface area is 109 Å². The SMILES string of the molecule is O=[N+]([O-])c1cc(CCCBr)cc(OC(F)(F)F)c1. The van der Waals surface area contributed by atoms with Crippen molar-refractivity contribution >= 4 is 21.6 Å². The molecule has 0 saturated heterocycles. The third kappa shape index (κ3) is 4.91. The summed E-state index contributed by atoms with van der Waals surface area (Å²) in [4.78, 5) is 9.86. The fourth-order valence-electron chi connectivity index (χ4n) is 1.36. The summed E-state index contributed by atoms with van der Waals surface area (Å²) in [6, 6.07) is 3.15. The molecule has 0 heterocycles. The van der Waals surface area contributed by atoms with Crippen molar-refractivity contribution in [3.63, 3.8) is 0 Å². The predicted octanol–water partition coefficient (Wildman–Crippen LogP) is 3.82. The number of hydrogen-bond donors (Lipinski definition) is 0. The summed E-state index contributed by atoms with van der Waals surface area (Å²) in [5.74, 6) is -0.568. The zero-order valence-electron chi connectivity index (χ0n) is 9.04. The first-order chi connectivity index (χ1) is 8.31. The van der Waals surface area contributed by atoms with Gasteiger partial charge in [0.05, 0.1) is 11.0 Å². The summed E-state index contributed by atoms with van der Waals surface area (Å²) in [5.41, 5.74) is 0.0178. The lowest BCUT2D eigenvalue weighted by atomic mass is 10.1. The number of rotatable bonds is 5. The fourth-order valence-corrected chi connectivity index (χ4v) is 1.64. The van der Waals surface area contributed by atoms with Crippen molar-refractivity contribution in [3.05, 3.63) is 33.9 Å². The molecule has 0 saturated carbocycles. The van der Waals surface area contributed by atoms with Gasteiger partial charge in [0.15, 0.2) is 0 Å². The smallest absolute Gasteiger partial charge is 0.406 e. The number of ether oxygens (including phenoxy) is 1. The van der Waals surface area contributed by atoms with Gasteiger partial charge in [0, 0.05) is 11.4 Å². The van der Waals surface area contributed by atoms with E-state index in [1.165, 1.54) is 6.07 Å². The lowest BCUT2D eigenvalue weighted by Crippen LogP contribution is -2.17. The van der Waals surface area contributed by atoms with Gasteiger partial charge in [-0.2, -0.15) is 0 Å². The second-order valence-corrected chi connectivity index (χ2v) is 4.23. The van der Waals surface area contributed by atoms with Gasteiger partial charge in [-0.25, -0.2) is 0 Å². The van der Waals surface area contributed by atoms with E-state index in [0.29, 0.717) is 23.7 Å². The number of nitro benzene ring substituents is 1. The van der Waals surface area contributed by atoms with E-state index in [-0.39, 0.29) is 0 Å². The number of nitrogens with zero attached hydrogens (tertiary/aromatic N) is 1. The average Bonchev–Trinajstić information content (AvgIpc) is 2.23. The topological polar surface area (TPSA) is 52.4 Å². The van der Waals surface area contributed by atoms with Crippen LogP contribution in [0.3, 0.4) is 0 Å². The van der Waals surface area contributed by atoms with Gasteiger partial charge in [0.2, 0.25) is 0 Å². The van der Waals surface area contributed by atoms with Crippen LogP contribution in [0.15, 0.2) is 18.2 Å². The van der Waals surface area contributed by atoms with Gasteiger partial charge in [0.1, 0.15) is 5.75 Å². The van der Waals surface area contributed by atoms with Gasteiger partial charge in [-0.15, -0.1) is 13.2 Å². The van der Waals surface area contributed by atoms with Gasteiger partial charge in [-0.3, -0.25) is 10.1 Å². The third-order valence-corrected chi connectivity index (χ3v) is 2.56. The van der Waals surface area contributed by atoms with Crippen LogP contribution in [0.1, 0.15) is 12.0 Å². The van der Waals surface area contributed by atoms with E-state index in [9.17, 15) is 23.3 Å². The van der Waals surface area contributed by atoms with Crippen molar-refractivity contribution in [1.29, 1.82) is 0 Å². The van der Waals surface area contributed by atoms with Crippen molar-refractivity contribution in [2.24, 2.45) is 0 Å². The molecule has 1 aromatic rings. The minimum Gasteiger partial charge on any atom is -0.406 e. The van der Waals surface area contributed by atoms with Gasteiger partial charge in [-0.1, -0.05) is 15.9 Å². The van der Waals surface area contributed by atoms with Crippen LogP contribution in [-0.2, 0) is 6.42 Å². The molecule has 0 fully saturated rings. The molecule has 0 radical (unpaired) electrons. The maximum atomic E-state index is 12.1. The van der Waals surface area contributed by atoms with Crippen molar-refractivity contribution in [2.75, 3.05) is 5.33 Å². The molecule has 0 atom stereocenters. The van der Waals surface area contributed by atoms with Gasteiger partial charge in [-0.05, 0) is 24.5 Å². The lowest BCUT2D eigenvalue weighted by molar-refractivity contribution is -0.385. The minimum atomic E-state index is -4.86. The molecule has 8 heteroatoms. The Hall–Kier alpha value is -1.31. The van der Waals surface area contributed by atoms with Crippen LogP contribution in [0, 0.1) is 10.1 Å². The number of non-ortho nitro benzene ring substituents is 1. The molecule has 0 spiro atoms. The zero-order valence-corrected chi connectivity index (χ0v) is 10.6. The van der Waals surface area contributed by atoms with Gasteiger partial charge < -0.3 is 4.74 Å². The molecule has 0 amide bonds. The first-order valence-corrected chi connectivity index (χ1v) is 6.04. The van der Waals surface area contributed by atoms with Gasteiger partial charge >= 0.3 is 6.36 Å². The molecular weight excluding hydrogens is 319 g/mol. The van der Waals surface area contributed by atoms with Crippen LogP contribution < -0.4 is 4.74 Å². The zero-order chi connectivity index (χ0) is 13.8. The molecule has 0 aromatic heterocycles. The molecule has 0 aliphatic carbocycles. The first kappa shape index (κ1) is 14.7. The standard InChI is InChI=1S/C10H9BrF3NO3/c11-3-1-2-7-4-8(15(16)17)6-9(5-7)18-10(12,13)14/h4-6H,1-3H2. The van der Waals surface area contributed by atoms with Crippen LogP contribution in [-0.4, -0.2) is 16.6 Å². The highest BCUT2D eigenvalue weighted by atomic mass is 79.9. The Bertz CT molecular complexity index is 437. The molecule has 0 aliphatic heterocycles. The molecule has 0 N–H and O–H groups in total. The van der Waals surface area contributed by atoms with Crippen molar-refractivity contribution in [1.82, 2.24) is 0 Å². The second-order valence-electron chi connectivity index (χ2n) is 3.43. The van der Waals surface area contributed by atoms with Crippen molar-refractivity contribution in [3.8, 4) is 5.75 Å². The predicted molar refractivity (Wildman–Crippen MR) is 61.9 cm³/mol. The highest BCUT2D eigenvalue weighted by Crippen LogP contribution is 2.28. The van der Waals surface area contributed by atoms with E-state index in [4.69, 9.17) is 0 Å². The Balaban J connectivity index is 3.02. The number of halogens is 4. The molecule has 0 unspecified atom stereocenters. The van der Waals surface area contributed by atoms with Crippen LogP contribution in [0.5, 0.6) is 5.75 Å². The number of aryl methyl sites for hydroxylation is 1. The maximum Gasteiger partial charge on any atom is 0.573 e. The Morgan fingerprint density at radius 1 is 1.33 bits per heavy atom. The summed E-state index contributed by atoms with van der Waals surface area (Å²) in [7, 11) is 0. The van der Waals surface area contributed by atoms with Gasteiger partial charge in [0.25, 0.3) is 5.69 Å². The number of alkyl halides is 4. The highest BCUT2D eigenvalue weighted by Gasteiger charge is 2.31. The third-order valence-electron chi connectivity index (χ3n) is 1.99. The van der Waals surface area contributed by atoms with E-state index in [0.717, 1.165) is 12.1 Å². The molecule has 1 aromatic carbocycles. The molecule has 0 bridgehead atoms. The number of benzene rings is 1. The summed E-state index contributed by atoms with van der Waals surface area (Å²) < 4.78 is 39.9. The van der Waals surface area contributed by atoms with E-state index < -0.39 is 22.7 Å². The number of nitro groups is 1. The number of hydrogen-bond acceptors (Lipinski definition) is 3. The molecule has 0 aliphatic rings. The van der Waals surface area contributed by atoms with E-state index in [1.54, 1.807) is 0 Å². The molecular formula is C10H9BrF3NO3.